The SMILES string of the molecule is COc1ccc(-c2cnc3nc(N)nc(N4CCN(C(=O)N(c5ccccc5)c5ccccc5)CC4)c3n2)cc1OC. The van der Waals surface area contributed by atoms with Crippen LogP contribution in [-0.4, -0.2) is 71.3 Å². The first kappa shape index (κ1) is 26.8. The molecule has 2 amide bonds. The molecule has 5 aromatic rings. The summed E-state index contributed by atoms with van der Waals surface area (Å²) in [4.78, 5) is 37.8. The molecular formula is C31H30N8O3. The van der Waals surface area contributed by atoms with Gasteiger partial charge in [-0.3, -0.25) is 4.90 Å². The van der Waals surface area contributed by atoms with Gasteiger partial charge < -0.3 is 25.0 Å². The van der Waals surface area contributed by atoms with Crippen LogP contribution in [0.2, 0.25) is 0 Å². The van der Waals surface area contributed by atoms with Gasteiger partial charge in [0.1, 0.15) is 0 Å². The Labute approximate surface area is 243 Å². The van der Waals surface area contributed by atoms with Crippen molar-refractivity contribution in [3.05, 3.63) is 85.1 Å². The summed E-state index contributed by atoms with van der Waals surface area (Å²) in [7, 11) is 3.18. The number of hydrogen-bond donors (Lipinski definition) is 1. The van der Waals surface area contributed by atoms with Crippen molar-refractivity contribution in [2.24, 2.45) is 0 Å². The molecule has 0 radical (unpaired) electrons. The molecule has 0 aliphatic carbocycles. The molecule has 1 aliphatic rings. The summed E-state index contributed by atoms with van der Waals surface area (Å²) >= 11 is 0. The van der Waals surface area contributed by atoms with Crippen LogP contribution in [0.4, 0.5) is 27.9 Å². The molecular weight excluding hydrogens is 532 g/mol. The average Bonchev–Trinajstić information content (AvgIpc) is 3.05. The second-order valence-corrected chi connectivity index (χ2v) is 9.67. The van der Waals surface area contributed by atoms with Crippen molar-refractivity contribution in [1.29, 1.82) is 0 Å². The van der Waals surface area contributed by atoms with Crippen LogP contribution in [0, 0.1) is 0 Å². The zero-order chi connectivity index (χ0) is 29.1. The maximum atomic E-state index is 13.9. The number of ether oxygens (including phenoxy) is 2. The predicted molar refractivity (Wildman–Crippen MR) is 162 cm³/mol. The van der Waals surface area contributed by atoms with E-state index in [-0.39, 0.29) is 12.0 Å². The number of nitrogens with two attached hydrogens (primary N) is 1. The molecule has 0 spiro atoms. The van der Waals surface area contributed by atoms with Crippen LogP contribution < -0.4 is 25.0 Å². The van der Waals surface area contributed by atoms with E-state index < -0.39 is 0 Å². The van der Waals surface area contributed by atoms with E-state index in [0.29, 0.717) is 60.4 Å². The Morgan fingerprint density at radius 1 is 0.810 bits per heavy atom. The number of aromatic nitrogens is 4. The van der Waals surface area contributed by atoms with Crippen molar-refractivity contribution in [2.75, 3.05) is 55.9 Å². The molecule has 3 aromatic carbocycles. The fourth-order valence-corrected chi connectivity index (χ4v) is 5.04. The zero-order valence-electron chi connectivity index (χ0n) is 23.3. The van der Waals surface area contributed by atoms with Crippen molar-refractivity contribution in [1.82, 2.24) is 24.8 Å². The van der Waals surface area contributed by atoms with E-state index in [0.717, 1.165) is 16.9 Å². The van der Waals surface area contributed by atoms with Crippen LogP contribution >= 0.6 is 0 Å². The fourth-order valence-electron chi connectivity index (χ4n) is 5.04. The third-order valence-corrected chi connectivity index (χ3v) is 7.15. The van der Waals surface area contributed by atoms with E-state index in [2.05, 4.69) is 19.9 Å². The largest absolute Gasteiger partial charge is 0.493 e. The molecule has 2 N–H and O–H groups in total. The Morgan fingerprint density at radius 2 is 1.45 bits per heavy atom. The lowest BCUT2D eigenvalue weighted by Crippen LogP contribution is -2.52. The number of rotatable bonds is 6. The van der Waals surface area contributed by atoms with Gasteiger partial charge in [-0.2, -0.15) is 9.97 Å². The minimum absolute atomic E-state index is 0.0883. The summed E-state index contributed by atoms with van der Waals surface area (Å²) in [6.07, 6.45) is 1.65. The third-order valence-electron chi connectivity index (χ3n) is 7.15. The van der Waals surface area contributed by atoms with Gasteiger partial charge in [0.25, 0.3) is 0 Å². The van der Waals surface area contributed by atoms with Crippen LogP contribution in [-0.2, 0) is 0 Å². The second-order valence-electron chi connectivity index (χ2n) is 9.67. The number of nitrogens with zero attached hydrogens (tertiary/aromatic N) is 7. The quantitative estimate of drug-likeness (QED) is 0.312. The normalized spacial score (nSPS) is 13.2. The maximum Gasteiger partial charge on any atom is 0.329 e. The molecule has 0 atom stereocenters. The Morgan fingerprint density at radius 3 is 2.07 bits per heavy atom. The van der Waals surface area contributed by atoms with E-state index in [1.165, 1.54) is 0 Å². The van der Waals surface area contributed by atoms with E-state index in [9.17, 15) is 4.79 Å². The highest BCUT2D eigenvalue weighted by Crippen LogP contribution is 2.33. The summed E-state index contributed by atoms with van der Waals surface area (Å²) in [5.74, 6) is 1.91. The van der Waals surface area contributed by atoms with Crippen LogP contribution in [0.5, 0.6) is 11.5 Å². The fraction of sp³-hybridized carbons (Fsp3) is 0.194. The standard InChI is InChI=1S/C31H30N8O3/c1-41-25-14-13-21(19-26(25)42-2)24-20-33-28-27(34-24)29(36-30(32)35-28)37-15-17-38(18-16-37)31(40)39(22-9-5-3-6-10-22)23-11-7-4-8-12-23/h3-14,19-20H,15-18H2,1-2H3,(H2,32,33,35,36). The first-order chi connectivity index (χ1) is 20.6. The molecule has 11 heteroatoms. The van der Waals surface area contributed by atoms with Gasteiger partial charge in [-0.15, -0.1) is 0 Å². The Balaban J connectivity index is 1.27. The van der Waals surface area contributed by atoms with Crippen molar-refractivity contribution in [2.45, 2.75) is 0 Å². The van der Waals surface area contributed by atoms with E-state index in [4.69, 9.17) is 20.2 Å². The highest BCUT2D eigenvalue weighted by molar-refractivity contribution is 5.99. The van der Waals surface area contributed by atoms with Gasteiger partial charge in [-0.25, -0.2) is 14.8 Å². The average molecular weight is 563 g/mol. The molecule has 6 rings (SSSR count). The van der Waals surface area contributed by atoms with Crippen LogP contribution in [0.25, 0.3) is 22.4 Å². The van der Waals surface area contributed by atoms with Crippen LogP contribution in [0.1, 0.15) is 0 Å². The number of benzene rings is 3. The minimum atomic E-state index is -0.0883. The topological polar surface area (TPSA) is 123 Å². The first-order valence-electron chi connectivity index (χ1n) is 13.5. The number of fused-ring (bicyclic) bond motifs is 1. The highest BCUT2D eigenvalue weighted by Gasteiger charge is 2.29. The van der Waals surface area contributed by atoms with E-state index in [1.807, 2.05) is 83.8 Å². The number of amides is 2. The lowest BCUT2D eigenvalue weighted by atomic mass is 10.1. The lowest BCUT2D eigenvalue weighted by Gasteiger charge is -2.38. The third kappa shape index (κ3) is 5.19. The molecule has 2 aromatic heterocycles. The maximum absolute atomic E-state index is 13.9. The van der Waals surface area contributed by atoms with Gasteiger partial charge >= 0.3 is 6.03 Å². The number of para-hydroxylation sites is 2. The van der Waals surface area contributed by atoms with Crippen LogP contribution in [0.15, 0.2) is 85.1 Å². The number of methoxy groups -OCH3 is 2. The number of carbonyl (C=O) groups is 1. The summed E-state index contributed by atoms with van der Waals surface area (Å²) < 4.78 is 10.8. The molecule has 1 fully saturated rings. The molecule has 0 unspecified atom stereocenters. The molecule has 0 saturated carbocycles. The number of nitrogen functional groups attached to an aromatic ring is 1. The van der Waals surface area contributed by atoms with E-state index >= 15 is 0 Å². The van der Waals surface area contributed by atoms with Gasteiger partial charge in [0.05, 0.1) is 37.5 Å². The summed E-state index contributed by atoms with van der Waals surface area (Å²) in [6.45, 7) is 2.06. The molecule has 42 heavy (non-hydrogen) atoms. The van der Waals surface area contributed by atoms with Gasteiger partial charge in [0.2, 0.25) is 5.95 Å². The van der Waals surface area contributed by atoms with Gasteiger partial charge in [-0.05, 0) is 42.5 Å². The smallest absolute Gasteiger partial charge is 0.329 e. The Bertz CT molecular complexity index is 1670. The van der Waals surface area contributed by atoms with Gasteiger partial charge in [-0.1, -0.05) is 36.4 Å². The first-order valence-corrected chi connectivity index (χ1v) is 13.5. The number of hydrogen-bond acceptors (Lipinski definition) is 9. The van der Waals surface area contributed by atoms with Crippen molar-refractivity contribution >= 4 is 40.3 Å². The van der Waals surface area contributed by atoms with Crippen molar-refractivity contribution < 1.29 is 14.3 Å². The minimum Gasteiger partial charge on any atom is -0.493 e. The van der Waals surface area contributed by atoms with Gasteiger partial charge in [0, 0.05) is 31.7 Å². The van der Waals surface area contributed by atoms with Gasteiger partial charge in [0.15, 0.2) is 28.5 Å². The van der Waals surface area contributed by atoms with Crippen molar-refractivity contribution in [3.63, 3.8) is 0 Å². The molecule has 1 saturated heterocycles. The summed E-state index contributed by atoms with van der Waals surface area (Å²) in [5.41, 5.74) is 10.1. The zero-order valence-corrected chi connectivity index (χ0v) is 23.3. The summed E-state index contributed by atoms with van der Waals surface area (Å²) in [6, 6.07) is 24.8. The molecule has 3 heterocycles. The molecule has 11 nitrogen and oxygen atoms in total. The number of carbonyl (C=O) groups excluding carboxylic acids is 1. The van der Waals surface area contributed by atoms with Crippen molar-refractivity contribution in [3.8, 4) is 22.8 Å². The Kier molecular flexibility index (Phi) is 7.37. The van der Waals surface area contributed by atoms with E-state index in [1.54, 1.807) is 25.3 Å². The lowest BCUT2D eigenvalue weighted by molar-refractivity contribution is 0.203. The number of piperazine rings is 1. The van der Waals surface area contributed by atoms with Crippen LogP contribution in [0.3, 0.4) is 0 Å². The Hall–Kier alpha value is -5.45. The number of anilines is 4. The molecule has 212 valence electrons. The number of urea groups is 1. The summed E-state index contributed by atoms with van der Waals surface area (Å²) in [5, 5.41) is 0. The predicted octanol–water partition coefficient (Wildman–Crippen LogP) is 4.77. The second kappa shape index (κ2) is 11.6. The highest BCUT2D eigenvalue weighted by atomic mass is 16.5. The monoisotopic (exact) mass is 562 g/mol. The molecule has 0 bridgehead atoms. The molecule has 1 aliphatic heterocycles.